The number of nitrogens with zero attached hydrogens (tertiary/aromatic N) is 3. The molecule has 0 amide bonds. The van der Waals surface area contributed by atoms with Crippen LogP contribution in [-0.2, 0) is 11.1 Å². The number of piperazine rings is 1. The number of rotatable bonds is 2. The summed E-state index contributed by atoms with van der Waals surface area (Å²) in [6.07, 6.45) is 1.60. The number of anilines is 1. The third kappa shape index (κ3) is 2.42. The maximum absolute atomic E-state index is 11.4. The fourth-order valence-electron chi connectivity index (χ4n) is 2.63. The molecule has 1 aliphatic heterocycles. The van der Waals surface area contributed by atoms with Gasteiger partial charge in [-0.3, -0.25) is 0 Å². The molecular weight excluding hydrogens is 274 g/mol. The van der Waals surface area contributed by atoms with Crippen LogP contribution < -0.4 is 4.90 Å². The minimum Gasteiger partial charge on any atom is -0.368 e. The van der Waals surface area contributed by atoms with Gasteiger partial charge in [0.15, 0.2) is 5.03 Å². The van der Waals surface area contributed by atoms with Crippen LogP contribution in [0.4, 0.5) is 5.69 Å². The molecule has 5 nitrogen and oxygen atoms in total. The molecule has 1 fully saturated rings. The van der Waals surface area contributed by atoms with Gasteiger partial charge in [-0.15, -0.1) is 0 Å². The molecule has 2 heterocycles. The molecule has 1 aromatic heterocycles. The summed E-state index contributed by atoms with van der Waals surface area (Å²) in [6, 6.07) is 7.76. The van der Waals surface area contributed by atoms with Crippen LogP contribution in [0.2, 0.25) is 0 Å². The molecule has 1 atom stereocenters. The maximum Gasteiger partial charge on any atom is 0.206 e. The van der Waals surface area contributed by atoms with E-state index >= 15 is 0 Å². The Balaban J connectivity index is 2.08. The second kappa shape index (κ2) is 5.47. The third-order valence-electron chi connectivity index (χ3n) is 3.76. The average molecular weight is 291 g/mol. The van der Waals surface area contributed by atoms with Crippen molar-refractivity contribution in [3.8, 4) is 0 Å². The molecule has 0 saturated carbocycles. The van der Waals surface area contributed by atoms with Gasteiger partial charge in [0.1, 0.15) is 0 Å². The monoisotopic (exact) mass is 291 g/mol. The zero-order chi connectivity index (χ0) is 14.1. The number of likely N-dealkylation sites (N-methyl/N-ethyl adjacent to an activating group) is 1. The molecule has 106 valence electrons. The van der Waals surface area contributed by atoms with Gasteiger partial charge >= 0.3 is 0 Å². The van der Waals surface area contributed by atoms with Crippen molar-refractivity contribution in [2.75, 3.05) is 38.1 Å². The first kappa shape index (κ1) is 13.5. The van der Waals surface area contributed by atoms with Gasteiger partial charge in [0, 0.05) is 48.8 Å². The van der Waals surface area contributed by atoms with E-state index < -0.39 is 11.1 Å². The van der Waals surface area contributed by atoms with E-state index in [4.69, 9.17) is 0 Å². The molecule has 1 N–H and O–H groups in total. The molecule has 0 aliphatic carbocycles. The van der Waals surface area contributed by atoms with Crippen molar-refractivity contribution < 1.29 is 8.76 Å². The highest BCUT2D eigenvalue weighted by atomic mass is 32.2. The minimum atomic E-state index is -2.06. The van der Waals surface area contributed by atoms with Crippen LogP contribution in [0.25, 0.3) is 10.8 Å². The van der Waals surface area contributed by atoms with Crippen LogP contribution in [0.5, 0.6) is 0 Å². The molecule has 6 heteroatoms. The Morgan fingerprint density at radius 1 is 1.15 bits per heavy atom. The lowest BCUT2D eigenvalue weighted by atomic mass is 10.1. The van der Waals surface area contributed by atoms with E-state index in [1.165, 1.54) is 0 Å². The van der Waals surface area contributed by atoms with Crippen LogP contribution in [0, 0.1) is 0 Å². The first-order valence-electron chi connectivity index (χ1n) is 6.59. The van der Waals surface area contributed by atoms with Gasteiger partial charge in [-0.1, -0.05) is 12.1 Å². The van der Waals surface area contributed by atoms with Gasteiger partial charge in [0.25, 0.3) is 0 Å². The summed E-state index contributed by atoms with van der Waals surface area (Å²) in [5.74, 6) is 0. The van der Waals surface area contributed by atoms with E-state index in [0.717, 1.165) is 42.6 Å². The van der Waals surface area contributed by atoms with Crippen molar-refractivity contribution in [2.45, 2.75) is 5.03 Å². The van der Waals surface area contributed by atoms with Crippen LogP contribution >= 0.6 is 0 Å². The predicted octanol–water partition coefficient (Wildman–Crippen LogP) is 1.57. The van der Waals surface area contributed by atoms with Gasteiger partial charge in [-0.25, -0.2) is 9.19 Å². The lowest BCUT2D eigenvalue weighted by Gasteiger charge is -2.34. The molecule has 1 aromatic carbocycles. The Kier molecular flexibility index (Phi) is 3.69. The van der Waals surface area contributed by atoms with Crippen LogP contribution in [0.3, 0.4) is 0 Å². The lowest BCUT2D eigenvalue weighted by molar-refractivity contribution is 0.313. The van der Waals surface area contributed by atoms with Crippen LogP contribution in [0.15, 0.2) is 35.5 Å². The van der Waals surface area contributed by atoms with Crippen molar-refractivity contribution in [2.24, 2.45) is 0 Å². The summed E-state index contributed by atoms with van der Waals surface area (Å²) in [4.78, 5) is 8.66. The SMILES string of the molecule is CN1CCN(c2cccc3c(S(=O)O)nccc23)CC1. The zero-order valence-corrected chi connectivity index (χ0v) is 12.1. The molecule has 1 saturated heterocycles. The Morgan fingerprint density at radius 2 is 1.90 bits per heavy atom. The van der Waals surface area contributed by atoms with Gasteiger partial charge in [-0.2, -0.15) is 0 Å². The first-order valence-corrected chi connectivity index (χ1v) is 7.69. The summed E-state index contributed by atoms with van der Waals surface area (Å²) in [6.45, 7) is 3.99. The first-order chi connectivity index (χ1) is 9.66. The fraction of sp³-hybridized carbons (Fsp3) is 0.357. The van der Waals surface area contributed by atoms with Crippen LogP contribution in [0.1, 0.15) is 0 Å². The number of hydrogen-bond acceptors (Lipinski definition) is 4. The minimum absolute atomic E-state index is 0.235. The third-order valence-corrected chi connectivity index (χ3v) is 4.41. The summed E-state index contributed by atoms with van der Waals surface area (Å²) in [5, 5.41) is 1.98. The Labute approximate surface area is 120 Å². The quantitative estimate of drug-likeness (QED) is 0.851. The average Bonchev–Trinajstić information content (AvgIpc) is 2.47. The highest BCUT2D eigenvalue weighted by Crippen LogP contribution is 2.29. The van der Waals surface area contributed by atoms with Crippen molar-refractivity contribution in [3.63, 3.8) is 0 Å². The van der Waals surface area contributed by atoms with Gasteiger partial charge in [-0.05, 0) is 19.2 Å². The Bertz CT molecular complexity index is 654. The number of hydrogen-bond donors (Lipinski definition) is 1. The van der Waals surface area contributed by atoms with E-state index in [9.17, 15) is 8.76 Å². The Morgan fingerprint density at radius 3 is 2.60 bits per heavy atom. The highest BCUT2D eigenvalue weighted by Gasteiger charge is 2.17. The van der Waals surface area contributed by atoms with E-state index in [-0.39, 0.29) is 5.03 Å². The zero-order valence-electron chi connectivity index (χ0n) is 11.3. The Hall–Kier alpha value is -1.50. The van der Waals surface area contributed by atoms with Crippen molar-refractivity contribution >= 4 is 27.5 Å². The molecule has 0 spiro atoms. The molecule has 20 heavy (non-hydrogen) atoms. The van der Waals surface area contributed by atoms with Gasteiger partial charge in [0.2, 0.25) is 11.1 Å². The van der Waals surface area contributed by atoms with E-state index in [1.807, 2.05) is 18.2 Å². The molecule has 0 radical (unpaired) electrons. The normalized spacial score (nSPS) is 18.4. The second-order valence-electron chi connectivity index (χ2n) is 5.03. The molecule has 0 bridgehead atoms. The standard InChI is InChI=1S/C14H17N3O2S/c1-16-7-9-17(10-8-16)13-4-2-3-12-11(13)5-6-15-14(12)20(18)19/h2-6H,7-10H2,1H3,(H,18,19). The lowest BCUT2D eigenvalue weighted by Crippen LogP contribution is -2.44. The molecule has 1 unspecified atom stereocenters. The number of pyridine rings is 1. The summed E-state index contributed by atoms with van der Waals surface area (Å²) in [7, 11) is 2.12. The van der Waals surface area contributed by atoms with E-state index in [0.29, 0.717) is 0 Å². The topological polar surface area (TPSA) is 56.7 Å². The molecule has 2 aromatic rings. The van der Waals surface area contributed by atoms with E-state index in [1.54, 1.807) is 6.20 Å². The van der Waals surface area contributed by atoms with Crippen molar-refractivity contribution in [1.82, 2.24) is 9.88 Å². The number of fused-ring (bicyclic) bond motifs is 1. The smallest absolute Gasteiger partial charge is 0.206 e. The molecule has 1 aliphatic rings. The highest BCUT2D eigenvalue weighted by molar-refractivity contribution is 7.79. The van der Waals surface area contributed by atoms with Gasteiger partial charge < -0.3 is 14.4 Å². The van der Waals surface area contributed by atoms with E-state index in [2.05, 4.69) is 27.9 Å². The van der Waals surface area contributed by atoms with Gasteiger partial charge in [0.05, 0.1) is 0 Å². The fourth-order valence-corrected chi connectivity index (χ4v) is 3.14. The molecule has 3 rings (SSSR count). The summed E-state index contributed by atoms with van der Waals surface area (Å²) < 4.78 is 20.7. The molecular formula is C14H17N3O2S. The van der Waals surface area contributed by atoms with Crippen LogP contribution in [-0.4, -0.2) is 51.9 Å². The number of aromatic nitrogens is 1. The summed E-state index contributed by atoms with van der Waals surface area (Å²) >= 11 is -2.06. The second-order valence-corrected chi connectivity index (χ2v) is 5.91. The number of benzene rings is 1. The van der Waals surface area contributed by atoms with Crippen molar-refractivity contribution in [3.05, 3.63) is 30.5 Å². The van der Waals surface area contributed by atoms with Crippen molar-refractivity contribution in [1.29, 1.82) is 0 Å². The largest absolute Gasteiger partial charge is 0.368 e. The summed E-state index contributed by atoms with van der Waals surface area (Å²) in [5.41, 5.74) is 1.12. The maximum atomic E-state index is 11.4. The predicted molar refractivity (Wildman–Crippen MR) is 80.5 cm³/mol.